The molecule has 2 unspecified atom stereocenters. The van der Waals surface area contributed by atoms with E-state index in [1.54, 1.807) is 11.1 Å². The average Bonchev–Trinajstić information content (AvgIpc) is 3.27. The second-order valence-electron chi connectivity index (χ2n) is 7.96. The summed E-state index contributed by atoms with van der Waals surface area (Å²) in [5, 5.41) is 0. The molecule has 0 N–H and O–H groups in total. The third kappa shape index (κ3) is 5.94. The highest BCUT2D eigenvalue weighted by molar-refractivity contribution is 5.56. The zero-order chi connectivity index (χ0) is 18.0. The third-order valence-corrected chi connectivity index (χ3v) is 6.08. The van der Waals surface area contributed by atoms with Gasteiger partial charge in [-0.2, -0.15) is 0 Å². The summed E-state index contributed by atoms with van der Waals surface area (Å²) in [6.07, 6.45) is 19.4. The molecule has 0 nitrogen and oxygen atoms in total. The lowest BCUT2D eigenvalue weighted by atomic mass is 9.80. The van der Waals surface area contributed by atoms with Crippen molar-refractivity contribution in [3.8, 4) is 0 Å². The van der Waals surface area contributed by atoms with Crippen molar-refractivity contribution in [3.63, 3.8) is 0 Å². The molecule has 2 atom stereocenters. The molecule has 0 heteroatoms. The van der Waals surface area contributed by atoms with Crippen LogP contribution in [0.5, 0.6) is 0 Å². The fraction of sp³-hybridized carbons (Fsp3) is 0.750. The SMILES string of the molecule is C=CC(CC)=C(CCCC)C1=CC1(C)C(C)CCCCCCCC. The third-order valence-electron chi connectivity index (χ3n) is 6.08. The van der Waals surface area contributed by atoms with Crippen LogP contribution in [0.15, 0.2) is 35.5 Å². The molecule has 0 aromatic carbocycles. The lowest BCUT2D eigenvalue weighted by Gasteiger charge is -2.24. The van der Waals surface area contributed by atoms with Crippen molar-refractivity contribution in [2.75, 3.05) is 0 Å². The molecule has 0 heterocycles. The highest BCUT2D eigenvalue weighted by atomic mass is 14.5. The summed E-state index contributed by atoms with van der Waals surface area (Å²) >= 11 is 0. The summed E-state index contributed by atoms with van der Waals surface area (Å²) < 4.78 is 0. The molecule has 0 aromatic heterocycles. The zero-order valence-corrected chi connectivity index (χ0v) is 17.2. The highest BCUT2D eigenvalue weighted by Gasteiger charge is 2.44. The predicted octanol–water partition coefficient (Wildman–Crippen LogP) is 8.40. The van der Waals surface area contributed by atoms with Crippen LogP contribution in [0.2, 0.25) is 0 Å². The summed E-state index contributed by atoms with van der Waals surface area (Å²) in [5.74, 6) is 0.776. The van der Waals surface area contributed by atoms with Gasteiger partial charge in [0.25, 0.3) is 0 Å². The molecule has 0 fully saturated rings. The van der Waals surface area contributed by atoms with Gasteiger partial charge in [-0.05, 0) is 48.3 Å². The van der Waals surface area contributed by atoms with Gasteiger partial charge in [0.15, 0.2) is 0 Å². The molecular weight excluding hydrogens is 288 g/mol. The van der Waals surface area contributed by atoms with Gasteiger partial charge in [-0.3, -0.25) is 0 Å². The fourth-order valence-electron chi connectivity index (χ4n) is 3.92. The van der Waals surface area contributed by atoms with Crippen LogP contribution in [0.4, 0.5) is 0 Å². The van der Waals surface area contributed by atoms with E-state index in [9.17, 15) is 0 Å². The molecule has 0 saturated heterocycles. The number of hydrogen-bond acceptors (Lipinski definition) is 0. The van der Waals surface area contributed by atoms with Gasteiger partial charge in [-0.15, -0.1) is 0 Å². The molecular formula is C24H42. The first-order valence-electron chi connectivity index (χ1n) is 10.6. The van der Waals surface area contributed by atoms with Crippen LogP contribution in [0, 0.1) is 11.3 Å². The van der Waals surface area contributed by atoms with Gasteiger partial charge >= 0.3 is 0 Å². The summed E-state index contributed by atoms with van der Waals surface area (Å²) in [6, 6.07) is 0. The van der Waals surface area contributed by atoms with Crippen molar-refractivity contribution < 1.29 is 0 Å². The molecule has 1 aliphatic carbocycles. The molecule has 0 amide bonds. The van der Waals surface area contributed by atoms with E-state index in [1.165, 1.54) is 69.8 Å². The van der Waals surface area contributed by atoms with Crippen LogP contribution in [0.1, 0.15) is 105 Å². The summed E-state index contributed by atoms with van der Waals surface area (Å²) in [7, 11) is 0. The number of allylic oxidation sites excluding steroid dienone is 5. The van der Waals surface area contributed by atoms with E-state index in [1.807, 2.05) is 0 Å². The molecule has 1 rings (SSSR count). The molecule has 24 heavy (non-hydrogen) atoms. The van der Waals surface area contributed by atoms with E-state index in [4.69, 9.17) is 0 Å². The second kappa shape index (κ2) is 11.0. The summed E-state index contributed by atoms with van der Waals surface area (Å²) in [6.45, 7) is 15.8. The largest absolute Gasteiger partial charge is 0.0988 e. The Balaban J connectivity index is 2.55. The Morgan fingerprint density at radius 2 is 1.67 bits per heavy atom. The zero-order valence-electron chi connectivity index (χ0n) is 17.2. The molecule has 0 radical (unpaired) electrons. The highest BCUT2D eigenvalue weighted by Crippen LogP contribution is 2.56. The van der Waals surface area contributed by atoms with E-state index in [-0.39, 0.29) is 0 Å². The lowest BCUT2D eigenvalue weighted by molar-refractivity contribution is 0.353. The Bertz CT molecular complexity index is 437. The van der Waals surface area contributed by atoms with Gasteiger partial charge in [0, 0.05) is 5.41 Å². The van der Waals surface area contributed by atoms with Gasteiger partial charge in [0.05, 0.1) is 0 Å². The van der Waals surface area contributed by atoms with Crippen molar-refractivity contribution in [2.45, 2.75) is 105 Å². The van der Waals surface area contributed by atoms with Crippen LogP contribution >= 0.6 is 0 Å². The number of rotatable bonds is 14. The van der Waals surface area contributed by atoms with E-state index >= 15 is 0 Å². The first-order chi connectivity index (χ1) is 11.5. The molecule has 0 bridgehead atoms. The van der Waals surface area contributed by atoms with E-state index in [2.05, 4.69) is 53.3 Å². The second-order valence-corrected chi connectivity index (χ2v) is 7.96. The minimum atomic E-state index is 0.357. The Kier molecular flexibility index (Phi) is 9.71. The molecule has 0 saturated carbocycles. The van der Waals surface area contributed by atoms with Gasteiger partial charge < -0.3 is 0 Å². The molecule has 0 aliphatic heterocycles. The Hall–Kier alpha value is -0.780. The minimum absolute atomic E-state index is 0.357. The average molecular weight is 331 g/mol. The fourth-order valence-corrected chi connectivity index (χ4v) is 3.92. The van der Waals surface area contributed by atoms with Crippen molar-refractivity contribution in [1.82, 2.24) is 0 Å². The van der Waals surface area contributed by atoms with Crippen LogP contribution in [0.25, 0.3) is 0 Å². The van der Waals surface area contributed by atoms with E-state index in [0.29, 0.717) is 5.41 Å². The van der Waals surface area contributed by atoms with E-state index < -0.39 is 0 Å². The van der Waals surface area contributed by atoms with E-state index in [0.717, 1.165) is 12.3 Å². The van der Waals surface area contributed by atoms with Crippen LogP contribution in [0.3, 0.4) is 0 Å². The van der Waals surface area contributed by atoms with Gasteiger partial charge in [-0.1, -0.05) is 98.3 Å². The van der Waals surface area contributed by atoms with Crippen molar-refractivity contribution in [1.29, 1.82) is 0 Å². The standard InChI is InChI=1S/C24H42/c1-7-11-13-14-15-16-17-20(5)24(6)19-23(24)22(18-12-8-2)21(9-3)10-4/h9,19-20H,3,7-8,10-18H2,1-2,4-6H3. The molecule has 1 aliphatic rings. The van der Waals surface area contributed by atoms with Crippen molar-refractivity contribution in [2.24, 2.45) is 11.3 Å². The Morgan fingerprint density at radius 1 is 1.04 bits per heavy atom. The monoisotopic (exact) mass is 330 g/mol. The Morgan fingerprint density at radius 3 is 2.25 bits per heavy atom. The normalized spacial score (nSPS) is 22.0. The summed E-state index contributed by atoms with van der Waals surface area (Å²) in [5.41, 5.74) is 5.10. The van der Waals surface area contributed by atoms with Gasteiger partial charge in [0.1, 0.15) is 0 Å². The summed E-state index contributed by atoms with van der Waals surface area (Å²) in [4.78, 5) is 0. The number of hydrogen-bond donors (Lipinski definition) is 0. The predicted molar refractivity (Wildman–Crippen MR) is 110 cm³/mol. The minimum Gasteiger partial charge on any atom is -0.0988 e. The van der Waals surface area contributed by atoms with Gasteiger partial charge in [0.2, 0.25) is 0 Å². The van der Waals surface area contributed by atoms with Crippen molar-refractivity contribution >= 4 is 0 Å². The van der Waals surface area contributed by atoms with Crippen LogP contribution in [-0.4, -0.2) is 0 Å². The molecule has 138 valence electrons. The lowest BCUT2D eigenvalue weighted by Crippen LogP contribution is -2.14. The van der Waals surface area contributed by atoms with Crippen LogP contribution < -0.4 is 0 Å². The van der Waals surface area contributed by atoms with Crippen molar-refractivity contribution in [3.05, 3.63) is 35.5 Å². The Labute approximate surface area is 152 Å². The maximum atomic E-state index is 4.06. The van der Waals surface area contributed by atoms with Gasteiger partial charge in [-0.25, -0.2) is 0 Å². The smallest absolute Gasteiger partial charge is 0.0135 e. The maximum absolute atomic E-state index is 4.06. The quantitative estimate of drug-likeness (QED) is 0.221. The topological polar surface area (TPSA) is 0 Å². The molecule has 0 aromatic rings. The maximum Gasteiger partial charge on any atom is 0.0135 e. The molecule has 0 spiro atoms. The first-order valence-corrected chi connectivity index (χ1v) is 10.6. The number of unbranched alkanes of at least 4 members (excludes halogenated alkanes) is 6. The first kappa shape index (κ1) is 21.3. The van der Waals surface area contributed by atoms with Crippen LogP contribution in [-0.2, 0) is 0 Å².